The number of carbonyl (C=O) groups is 1. The van der Waals surface area contributed by atoms with E-state index in [4.69, 9.17) is 4.74 Å². The molecule has 152 valence electrons. The fourth-order valence-electron chi connectivity index (χ4n) is 3.18. The average molecular weight is 407 g/mol. The number of ether oxygens (including phenoxy) is 1. The van der Waals surface area contributed by atoms with Gasteiger partial charge in [0.25, 0.3) is 10.0 Å². The second-order valence-electron chi connectivity index (χ2n) is 7.06. The quantitative estimate of drug-likeness (QED) is 0.754. The first-order valence-electron chi connectivity index (χ1n) is 9.30. The van der Waals surface area contributed by atoms with Crippen LogP contribution in [0.1, 0.15) is 25.3 Å². The number of amides is 1. The molecule has 0 unspecified atom stereocenters. The van der Waals surface area contributed by atoms with Crippen LogP contribution in [-0.2, 0) is 27.9 Å². The Morgan fingerprint density at radius 3 is 2.71 bits per heavy atom. The van der Waals surface area contributed by atoms with Crippen molar-refractivity contribution in [2.45, 2.75) is 37.9 Å². The number of para-hydroxylation sites is 1. The van der Waals surface area contributed by atoms with Crippen LogP contribution in [0.3, 0.4) is 0 Å². The van der Waals surface area contributed by atoms with Crippen LogP contribution < -0.4 is 10.1 Å². The van der Waals surface area contributed by atoms with Gasteiger partial charge in [-0.25, -0.2) is 13.4 Å². The second-order valence-corrected chi connectivity index (χ2v) is 8.94. The van der Waals surface area contributed by atoms with Gasteiger partial charge in [-0.15, -0.1) is 0 Å². The van der Waals surface area contributed by atoms with Crippen molar-refractivity contribution in [1.82, 2.24) is 19.2 Å². The molecule has 0 aliphatic carbocycles. The van der Waals surface area contributed by atoms with Gasteiger partial charge in [0.2, 0.25) is 5.91 Å². The van der Waals surface area contributed by atoms with E-state index in [0.717, 1.165) is 18.4 Å². The largest absolute Gasteiger partial charge is 0.496 e. The monoisotopic (exact) mass is 406 g/mol. The Morgan fingerprint density at radius 1 is 1.29 bits per heavy atom. The van der Waals surface area contributed by atoms with Crippen LogP contribution >= 0.6 is 0 Å². The molecular weight excluding hydrogens is 380 g/mol. The van der Waals surface area contributed by atoms with Crippen molar-refractivity contribution in [3.05, 3.63) is 42.4 Å². The number of hydrogen-bond acceptors (Lipinski definition) is 5. The lowest BCUT2D eigenvalue weighted by Gasteiger charge is -2.28. The molecule has 2 heterocycles. The van der Waals surface area contributed by atoms with Crippen molar-refractivity contribution in [2.24, 2.45) is 5.92 Å². The average Bonchev–Trinajstić information content (AvgIpc) is 3.16. The van der Waals surface area contributed by atoms with E-state index in [1.807, 2.05) is 24.3 Å². The first-order valence-corrected chi connectivity index (χ1v) is 10.7. The van der Waals surface area contributed by atoms with E-state index in [-0.39, 0.29) is 17.5 Å². The van der Waals surface area contributed by atoms with Crippen LogP contribution in [0.4, 0.5) is 0 Å². The highest BCUT2D eigenvalue weighted by Crippen LogP contribution is 2.22. The van der Waals surface area contributed by atoms with Crippen molar-refractivity contribution < 1.29 is 17.9 Å². The van der Waals surface area contributed by atoms with Gasteiger partial charge in [-0.1, -0.05) is 25.1 Å². The summed E-state index contributed by atoms with van der Waals surface area (Å²) in [7, 11) is -2.03. The molecule has 2 aromatic rings. The zero-order chi connectivity index (χ0) is 20.1. The number of hydrogen-bond donors (Lipinski definition) is 1. The first kappa shape index (κ1) is 20.3. The van der Waals surface area contributed by atoms with E-state index in [2.05, 4.69) is 17.2 Å². The SMILES string of the molecule is COc1ccccc1CNC(=O)Cn1cnc(S(=O)(=O)N2CCC(C)CC2)c1. The van der Waals surface area contributed by atoms with E-state index in [0.29, 0.717) is 31.3 Å². The van der Waals surface area contributed by atoms with E-state index in [1.54, 1.807) is 7.11 Å². The maximum atomic E-state index is 12.7. The highest BCUT2D eigenvalue weighted by atomic mass is 32.2. The zero-order valence-corrected chi connectivity index (χ0v) is 17.0. The lowest BCUT2D eigenvalue weighted by molar-refractivity contribution is -0.121. The summed E-state index contributed by atoms with van der Waals surface area (Å²) in [6.07, 6.45) is 4.49. The highest BCUT2D eigenvalue weighted by Gasteiger charge is 2.29. The number of imidazole rings is 1. The number of benzene rings is 1. The summed E-state index contributed by atoms with van der Waals surface area (Å²) in [6, 6.07) is 7.44. The van der Waals surface area contributed by atoms with Gasteiger partial charge in [0.05, 0.1) is 13.4 Å². The molecule has 28 heavy (non-hydrogen) atoms. The van der Waals surface area contributed by atoms with Crippen LogP contribution in [0.2, 0.25) is 0 Å². The van der Waals surface area contributed by atoms with Crippen molar-refractivity contribution in [3.63, 3.8) is 0 Å². The van der Waals surface area contributed by atoms with Crippen LogP contribution in [0, 0.1) is 5.92 Å². The van der Waals surface area contributed by atoms with Gasteiger partial charge in [0.1, 0.15) is 12.3 Å². The molecule has 0 saturated carbocycles. The summed E-state index contributed by atoms with van der Waals surface area (Å²) >= 11 is 0. The standard InChI is InChI=1S/C19H26N4O4S/c1-15-7-9-23(10-8-15)28(25,26)19-13-22(14-21-19)12-18(24)20-11-16-5-3-4-6-17(16)27-2/h3-6,13-15H,7-12H2,1-2H3,(H,20,24). The maximum Gasteiger partial charge on any atom is 0.262 e. The molecule has 1 fully saturated rings. The molecule has 1 aromatic carbocycles. The number of rotatable bonds is 7. The van der Waals surface area contributed by atoms with Gasteiger partial charge in [0.15, 0.2) is 5.03 Å². The van der Waals surface area contributed by atoms with Crippen LogP contribution in [0.5, 0.6) is 5.75 Å². The van der Waals surface area contributed by atoms with Gasteiger partial charge < -0.3 is 14.6 Å². The Hall–Kier alpha value is -2.39. The summed E-state index contributed by atoms with van der Waals surface area (Å²) in [5.74, 6) is 1.00. The number of carbonyl (C=O) groups excluding carboxylic acids is 1. The fourth-order valence-corrected chi connectivity index (χ4v) is 4.59. The zero-order valence-electron chi connectivity index (χ0n) is 16.2. The summed E-state index contributed by atoms with van der Waals surface area (Å²) in [4.78, 5) is 16.2. The van der Waals surface area contributed by atoms with Gasteiger partial charge in [-0.2, -0.15) is 4.31 Å². The lowest BCUT2D eigenvalue weighted by atomic mass is 10.0. The van der Waals surface area contributed by atoms with E-state index < -0.39 is 10.0 Å². The van der Waals surface area contributed by atoms with E-state index in [9.17, 15) is 13.2 Å². The summed E-state index contributed by atoms with van der Waals surface area (Å²) < 4.78 is 33.6. The Labute approximate surface area is 165 Å². The van der Waals surface area contributed by atoms with Crippen molar-refractivity contribution in [2.75, 3.05) is 20.2 Å². The normalized spacial score (nSPS) is 16.1. The Bertz CT molecular complexity index is 918. The second kappa shape index (κ2) is 8.74. The van der Waals surface area contributed by atoms with Crippen molar-refractivity contribution >= 4 is 15.9 Å². The molecule has 0 atom stereocenters. The van der Waals surface area contributed by atoms with Crippen molar-refractivity contribution in [3.8, 4) is 5.75 Å². The predicted octanol–water partition coefficient (Wildman–Crippen LogP) is 1.63. The number of piperidine rings is 1. The predicted molar refractivity (Wildman–Crippen MR) is 104 cm³/mol. The third kappa shape index (κ3) is 4.71. The smallest absolute Gasteiger partial charge is 0.262 e. The molecule has 1 saturated heterocycles. The van der Waals surface area contributed by atoms with Crippen molar-refractivity contribution in [1.29, 1.82) is 0 Å². The third-order valence-electron chi connectivity index (χ3n) is 4.95. The third-order valence-corrected chi connectivity index (χ3v) is 6.74. The van der Waals surface area contributed by atoms with Gasteiger partial charge in [0, 0.05) is 31.4 Å². The number of nitrogens with zero attached hydrogens (tertiary/aromatic N) is 3. The minimum absolute atomic E-state index is 0.00525. The molecule has 1 aliphatic heterocycles. The molecule has 0 spiro atoms. The number of aromatic nitrogens is 2. The van der Waals surface area contributed by atoms with Crippen LogP contribution in [0.25, 0.3) is 0 Å². The topological polar surface area (TPSA) is 93.5 Å². The Morgan fingerprint density at radius 2 is 2.00 bits per heavy atom. The molecule has 8 nitrogen and oxygen atoms in total. The Balaban J connectivity index is 1.58. The molecule has 0 bridgehead atoms. The van der Waals surface area contributed by atoms with Crippen LogP contribution in [-0.4, -0.2) is 48.4 Å². The molecular formula is C19H26N4O4S. The first-order chi connectivity index (χ1) is 13.4. The Kier molecular flexibility index (Phi) is 6.35. The number of sulfonamides is 1. The maximum absolute atomic E-state index is 12.7. The van der Waals surface area contributed by atoms with Gasteiger partial charge in [-0.05, 0) is 24.8 Å². The molecule has 1 amide bonds. The van der Waals surface area contributed by atoms with Gasteiger partial charge in [-0.3, -0.25) is 4.79 Å². The van der Waals surface area contributed by atoms with Gasteiger partial charge >= 0.3 is 0 Å². The number of methoxy groups -OCH3 is 1. The molecule has 9 heteroatoms. The summed E-state index contributed by atoms with van der Waals surface area (Å²) in [5.41, 5.74) is 0.867. The molecule has 1 aromatic heterocycles. The summed E-state index contributed by atoms with van der Waals surface area (Å²) in [5, 5.41) is 2.80. The van der Waals surface area contributed by atoms with E-state index in [1.165, 1.54) is 21.4 Å². The minimum Gasteiger partial charge on any atom is -0.496 e. The number of nitrogens with one attached hydrogen (secondary N) is 1. The molecule has 3 rings (SSSR count). The molecule has 1 N–H and O–H groups in total. The minimum atomic E-state index is -3.61. The highest BCUT2D eigenvalue weighted by molar-refractivity contribution is 7.89. The van der Waals surface area contributed by atoms with E-state index >= 15 is 0 Å². The van der Waals surface area contributed by atoms with Crippen LogP contribution in [0.15, 0.2) is 41.8 Å². The molecule has 0 radical (unpaired) electrons. The lowest BCUT2D eigenvalue weighted by Crippen LogP contribution is -2.38. The summed E-state index contributed by atoms with van der Waals surface area (Å²) in [6.45, 7) is 3.47. The fraction of sp³-hybridized carbons (Fsp3) is 0.474. The molecule has 1 aliphatic rings.